The zero-order valence-corrected chi connectivity index (χ0v) is 11.4. The maximum Gasteiger partial charge on any atom is 0.305 e. The molecule has 1 N–H and O–H groups in total. The third-order valence-corrected chi connectivity index (χ3v) is 3.05. The summed E-state index contributed by atoms with van der Waals surface area (Å²) in [5, 5.41) is 2.90. The number of hydrogen-bond acceptors (Lipinski definition) is 3. The van der Waals surface area contributed by atoms with Crippen molar-refractivity contribution in [1.29, 1.82) is 0 Å². The number of amides is 1. The van der Waals surface area contributed by atoms with E-state index >= 15 is 0 Å². The number of nitrogens with one attached hydrogen (secondary N) is 1. The molecular weight excluding hydrogens is 218 g/mol. The second-order valence-electron chi connectivity index (χ2n) is 4.64. The maximum absolute atomic E-state index is 10.9. The lowest BCUT2D eigenvalue weighted by atomic mass is 9.96. The highest BCUT2D eigenvalue weighted by molar-refractivity contribution is 5.73. The van der Waals surface area contributed by atoms with Crippen LogP contribution in [0, 0.1) is 5.92 Å². The lowest BCUT2D eigenvalue weighted by Crippen LogP contribution is -2.35. The first-order valence-corrected chi connectivity index (χ1v) is 6.31. The van der Waals surface area contributed by atoms with Gasteiger partial charge >= 0.3 is 5.97 Å². The Bertz CT molecular complexity index is 241. The lowest BCUT2D eigenvalue weighted by molar-refractivity contribution is -0.140. The minimum atomic E-state index is -0.135. The Morgan fingerprint density at radius 2 is 1.82 bits per heavy atom. The van der Waals surface area contributed by atoms with Gasteiger partial charge in [-0.05, 0) is 25.7 Å². The number of rotatable bonds is 8. The zero-order valence-electron chi connectivity index (χ0n) is 11.4. The number of carbonyl (C=O) groups excluding carboxylic acids is 2. The number of ether oxygens (including phenoxy) is 1. The van der Waals surface area contributed by atoms with Crippen LogP contribution in [0.1, 0.15) is 52.9 Å². The van der Waals surface area contributed by atoms with Crippen molar-refractivity contribution in [1.82, 2.24) is 5.32 Å². The van der Waals surface area contributed by atoms with Crippen molar-refractivity contribution >= 4 is 11.9 Å². The average Bonchev–Trinajstić information content (AvgIpc) is 2.26. The van der Waals surface area contributed by atoms with E-state index in [1.165, 1.54) is 7.11 Å². The van der Waals surface area contributed by atoms with Crippen LogP contribution in [0.25, 0.3) is 0 Å². The van der Waals surface area contributed by atoms with Crippen molar-refractivity contribution in [2.45, 2.75) is 58.9 Å². The SMILES string of the molecule is COC(=O)CCCCC[C@@H](C)[C@H](C)NC(C)=O. The van der Waals surface area contributed by atoms with Gasteiger partial charge in [-0.1, -0.05) is 19.8 Å². The predicted octanol–water partition coefficient (Wildman–Crippen LogP) is 2.27. The fourth-order valence-electron chi connectivity index (χ4n) is 1.73. The van der Waals surface area contributed by atoms with E-state index in [-0.39, 0.29) is 17.9 Å². The van der Waals surface area contributed by atoms with E-state index in [4.69, 9.17) is 0 Å². The monoisotopic (exact) mass is 243 g/mol. The molecule has 0 saturated heterocycles. The van der Waals surface area contributed by atoms with Crippen LogP contribution < -0.4 is 5.32 Å². The van der Waals surface area contributed by atoms with Crippen molar-refractivity contribution in [3.63, 3.8) is 0 Å². The van der Waals surface area contributed by atoms with Gasteiger partial charge in [0.2, 0.25) is 5.91 Å². The van der Waals surface area contributed by atoms with E-state index in [1.54, 1.807) is 6.92 Å². The lowest BCUT2D eigenvalue weighted by Gasteiger charge is -2.20. The minimum Gasteiger partial charge on any atom is -0.469 e. The molecule has 100 valence electrons. The molecule has 0 radical (unpaired) electrons. The van der Waals surface area contributed by atoms with Gasteiger partial charge < -0.3 is 10.1 Å². The molecule has 0 rings (SSSR count). The second-order valence-corrected chi connectivity index (χ2v) is 4.64. The summed E-state index contributed by atoms with van der Waals surface area (Å²) in [5.41, 5.74) is 0. The van der Waals surface area contributed by atoms with Crippen LogP contribution in [0.15, 0.2) is 0 Å². The van der Waals surface area contributed by atoms with Gasteiger partial charge in [0, 0.05) is 19.4 Å². The van der Waals surface area contributed by atoms with Crippen LogP contribution in [-0.2, 0) is 14.3 Å². The summed E-state index contributed by atoms with van der Waals surface area (Å²) in [6.07, 6.45) is 4.58. The molecule has 0 aliphatic rings. The first-order valence-electron chi connectivity index (χ1n) is 6.31. The maximum atomic E-state index is 10.9. The highest BCUT2D eigenvalue weighted by atomic mass is 16.5. The Hall–Kier alpha value is -1.06. The van der Waals surface area contributed by atoms with E-state index in [0.29, 0.717) is 12.3 Å². The molecule has 0 bridgehead atoms. The second kappa shape index (κ2) is 9.02. The van der Waals surface area contributed by atoms with Crippen molar-refractivity contribution in [2.75, 3.05) is 7.11 Å². The van der Waals surface area contributed by atoms with Gasteiger partial charge in [0.15, 0.2) is 0 Å². The molecule has 1 amide bonds. The number of hydrogen-bond donors (Lipinski definition) is 1. The van der Waals surface area contributed by atoms with Crippen LogP contribution in [0.5, 0.6) is 0 Å². The molecule has 17 heavy (non-hydrogen) atoms. The summed E-state index contributed by atoms with van der Waals surface area (Å²) >= 11 is 0. The molecule has 0 spiro atoms. The van der Waals surface area contributed by atoms with Gasteiger partial charge in [0.05, 0.1) is 7.11 Å². The van der Waals surface area contributed by atoms with E-state index in [9.17, 15) is 9.59 Å². The van der Waals surface area contributed by atoms with Crippen LogP contribution >= 0.6 is 0 Å². The summed E-state index contributed by atoms with van der Waals surface area (Å²) in [6.45, 7) is 5.71. The molecule has 0 aromatic carbocycles. The van der Waals surface area contributed by atoms with Gasteiger partial charge in [0.25, 0.3) is 0 Å². The number of carbonyl (C=O) groups is 2. The molecule has 0 heterocycles. The van der Waals surface area contributed by atoms with Crippen LogP contribution in [0.2, 0.25) is 0 Å². The third kappa shape index (κ3) is 8.72. The zero-order chi connectivity index (χ0) is 13.3. The molecule has 4 heteroatoms. The van der Waals surface area contributed by atoms with Crippen LogP contribution in [0.3, 0.4) is 0 Å². The molecule has 0 unspecified atom stereocenters. The summed E-state index contributed by atoms with van der Waals surface area (Å²) in [5.74, 6) is 0.358. The molecule has 2 atom stereocenters. The van der Waals surface area contributed by atoms with Crippen LogP contribution in [0.4, 0.5) is 0 Å². The van der Waals surface area contributed by atoms with E-state index in [1.807, 2.05) is 6.92 Å². The van der Waals surface area contributed by atoms with Crippen molar-refractivity contribution in [3.05, 3.63) is 0 Å². The highest BCUT2D eigenvalue weighted by Gasteiger charge is 2.12. The molecule has 0 aliphatic carbocycles. The average molecular weight is 243 g/mol. The molecule has 0 saturated carbocycles. The predicted molar refractivity (Wildman–Crippen MR) is 67.5 cm³/mol. The molecule has 0 aliphatic heterocycles. The van der Waals surface area contributed by atoms with E-state index in [2.05, 4.69) is 17.0 Å². The normalized spacial score (nSPS) is 13.9. The Labute approximate surface area is 104 Å². The Balaban J connectivity index is 3.53. The smallest absolute Gasteiger partial charge is 0.305 e. The largest absolute Gasteiger partial charge is 0.469 e. The van der Waals surface area contributed by atoms with Crippen molar-refractivity contribution in [3.8, 4) is 0 Å². The van der Waals surface area contributed by atoms with Crippen LogP contribution in [-0.4, -0.2) is 25.0 Å². The van der Waals surface area contributed by atoms with Gasteiger partial charge in [-0.3, -0.25) is 9.59 Å². The molecule has 4 nitrogen and oxygen atoms in total. The Morgan fingerprint density at radius 1 is 1.18 bits per heavy atom. The first-order chi connectivity index (χ1) is 7.97. The quantitative estimate of drug-likeness (QED) is 0.525. The van der Waals surface area contributed by atoms with Crippen molar-refractivity contribution in [2.24, 2.45) is 5.92 Å². The minimum absolute atomic E-state index is 0.0232. The number of unbranched alkanes of at least 4 members (excludes halogenated alkanes) is 2. The highest BCUT2D eigenvalue weighted by Crippen LogP contribution is 2.14. The summed E-state index contributed by atoms with van der Waals surface area (Å²) < 4.78 is 4.57. The fraction of sp³-hybridized carbons (Fsp3) is 0.846. The third-order valence-electron chi connectivity index (χ3n) is 3.05. The van der Waals surface area contributed by atoms with Gasteiger partial charge in [-0.25, -0.2) is 0 Å². The molecule has 0 aromatic rings. The van der Waals surface area contributed by atoms with Crippen molar-refractivity contribution < 1.29 is 14.3 Å². The Morgan fingerprint density at radius 3 is 2.35 bits per heavy atom. The topological polar surface area (TPSA) is 55.4 Å². The molecular formula is C13H25NO3. The van der Waals surface area contributed by atoms with Gasteiger partial charge in [-0.2, -0.15) is 0 Å². The summed E-state index contributed by atoms with van der Waals surface area (Å²) in [4.78, 5) is 21.7. The number of esters is 1. The number of methoxy groups -OCH3 is 1. The van der Waals surface area contributed by atoms with Gasteiger partial charge in [-0.15, -0.1) is 0 Å². The summed E-state index contributed by atoms with van der Waals surface area (Å²) in [6, 6.07) is 0.216. The molecule has 0 fully saturated rings. The Kier molecular flexibility index (Phi) is 8.46. The summed E-state index contributed by atoms with van der Waals surface area (Å²) in [7, 11) is 1.42. The van der Waals surface area contributed by atoms with Gasteiger partial charge in [0.1, 0.15) is 0 Å². The fourth-order valence-corrected chi connectivity index (χ4v) is 1.73. The molecule has 0 aromatic heterocycles. The van der Waals surface area contributed by atoms with E-state index < -0.39 is 0 Å². The first kappa shape index (κ1) is 15.9. The standard InChI is InChI=1S/C13H25NO3/c1-10(11(2)14-12(3)15)8-6-5-7-9-13(16)17-4/h10-11H,5-9H2,1-4H3,(H,14,15)/t10-,11+/m1/s1. The van der Waals surface area contributed by atoms with E-state index in [0.717, 1.165) is 25.7 Å².